The van der Waals surface area contributed by atoms with Crippen LogP contribution in [0.3, 0.4) is 0 Å². The highest BCUT2D eigenvalue weighted by Gasteiger charge is 2.22. The average molecular weight is 632 g/mol. The van der Waals surface area contributed by atoms with E-state index in [1.165, 1.54) is 38.1 Å². The highest BCUT2D eigenvalue weighted by Crippen LogP contribution is 2.34. The molecule has 1 amide bonds. The lowest BCUT2D eigenvalue weighted by Gasteiger charge is -2.15. The van der Waals surface area contributed by atoms with Crippen molar-refractivity contribution in [3.63, 3.8) is 0 Å². The summed E-state index contributed by atoms with van der Waals surface area (Å²) in [6.45, 7) is 14.5. The third-order valence-corrected chi connectivity index (χ3v) is 5.95. The number of hydrogen-bond acceptors (Lipinski definition) is 5. The zero-order valence-electron chi connectivity index (χ0n) is 24.5. The number of aliphatic hydroxyl groups is 1. The molecule has 7 nitrogen and oxygen atoms in total. The van der Waals surface area contributed by atoms with E-state index in [4.69, 9.17) is 21.5 Å². The van der Waals surface area contributed by atoms with E-state index < -0.39 is 11.7 Å². The van der Waals surface area contributed by atoms with Crippen LogP contribution in [0.2, 0.25) is 5.02 Å². The molecule has 0 saturated heterocycles. The Balaban J connectivity index is 0.00000102. The van der Waals surface area contributed by atoms with Crippen LogP contribution in [0.1, 0.15) is 84.5 Å². The molecule has 0 atom stereocenters. The van der Waals surface area contributed by atoms with Gasteiger partial charge in [-0.2, -0.15) is 0 Å². The van der Waals surface area contributed by atoms with Gasteiger partial charge in [0.25, 0.3) is 5.91 Å². The molecule has 0 unspecified atom stereocenters. The number of nitrogens with one attached hydrogen (secondary N) is 2. The third kappa shape index (κ3) is 12.2. The first kappa shape index (κ1) is 36.8. The minimum atomic E-state index is -0.695. The van der Waals surface area contributed by atoms with Gasteiger partial charge in [-0.3, -0.25) is 9.63 Å². The number of amides is 1. The van der Waals surface area contributed by atoms with Gasteiger partial charge in [0.05, 0.1) is 47.0 Å². The van der Waals surface area contributed by atoms with Crippen molar-refractivity contribution in [3.8, 4) is 0 Å². The number of aryl methyl sites for hydroxylation is 1. The SMILES string of the molecule is CC.CC.CCCCCC(C)C.Cn1cnc2c(F)c(Nc3ccc(Br)cc3Cl)c(C(=O)NOCCO)cc21. The summed E-state index contributed by atoms with van der Waals surface area (Å²) in [5.41, 5.74) is 3.06. The average Bonchev–Trinajstić information content (AvgIpc) is 3.30. The van der Waals surface area contributed by atoms with Crippen LogP contribution in [-0.4, -0.2) is 33.8 Å². The molecular weight excluding hydrogens is 587 g/mol. The van der Waals surface area contributed by atoms with Gasteiger partial charge in [-0.1, -0.05) is 102 Å². The fourth-order valence-corrected chi connectivity index (χ4v) is 3.99. The second-order valence-electron chi connectivity index (χ2n) is 8.48. The van der Waals surface area contributed by atoms with Gasteiger partial charge >= 0.3 is 0 Å². The Labute approximate surface area is 246 Å². The minimum Gasteiger partial charge on any atom is -0.394 e. The van der Waals surface area contributed by atoms with E-state index in [-0.39, 0.29) is 30.0 Å². The van der Waals surface area contributed by atoms with Crippen molar-refractivity contribution in [2.45, 2.75) is 74.1 Å². The van der Waals surface area contributed by atoms with Crippen LogP contribution in [0.15, 0.2) is 35.1 Å². The van der Waals surface area contributed by atoms with E-state index in [0.29, 0.717) is 16.2 Å². The topological polar surface area (TPSA) is 88.4 Å². The lowest BCUT2D eigenvalue weighted by Crippen LogP contribution is -2.26. The molecule has 1 heterocycles. The molecule has 3 aromatic rings. The molecule has 3 N–H and O–H groups in total. The van der Waals surface area contributed by atoms with Gasteiger partial charge < -0.3 is 15.0 Å². The summed E-state index contributed by atoms with van der Waals surface area (Å²) in [5.74, 6) is -0.470. The van der Waals surface area contributed by atoms with E-state index in [9.17, 15) is 4.79 Å². The molecule has 0 saturated carbocycles. The summed E-state index contributed by atoms with van der Waals surface area (Å²) in [4.78, 5) is 21.4. The molecule has 39 heavy (non-hydrogen) atoms. The number of halogens is 3. The Bertz CT molecular complexity index is 1130. The van der Waals surface area contributed by atoms with Crippen molar-refractivity contribution in [2.24, 2.45) is 13.0 Å². The molecule has 2 aromatic carbocycles. The zero-order chi connectivity index (χ0) is 30.0. The van der Waals surface area contributed by atoms with Crippen LogP contribution in [0.25, 0.3) is 11.0 Å². The number of unbranched alkanes of at least 4 members (excludes halogenated alkanes) is 2. The summed E-state index contributed by atoms with van der Waals surface area (Å²) < 4.78 is 17.5. The van der Waals surface area contributed by atoms with Crippen molar-refractivity contribution in [1.82, 2.24) is 15.0 Å². The van der Waals surface area contributed by atoms with Gasteiger partial charge in [0.15, 0.2) is 5.82 Å². The molecule has 0 bridgehead atoms. The number of anilines is 2. The lowest BCUT2D eigenvalue weighted by atomic mass is 10.1. The molecule has 1 aromatic heterocycles. The van der Waals surface area contributed by atoms with Gasteiger partial charge in [0.2, 0.25) is 0 Å². The van der Waals surface area contributed by atoms with Crippen LogP contribution in [-0.2, 0) is 11.9 Å². The third-order valence-electron chi connectivity index (χ3n) is 5.14. The molecule has 3 rings (SSSR count). The van der Waals surface area contributed by atoms with Crippen molar-refractivity contribution in [3.05, 3.63) is 51.5 Å². The Morgan fingerprint density at radius 2 is 1.87 bits per heavy atom. The number of hydroxylamine groups is 1. The number of aliphatic hydroxyl groups excluding tert-OH is 1. The molecule has 0 radical (unpaired) electrons. The first-order chi connectivity index (χ1) is 18.7. The number of rotatable bonds is 10. The standard InChI is InChI=1S/C17H15BrClFN4O3.C8H18.2C2H6/c1-24-8-21-16-13(24)7-10(17(26)23-27-5-4-25)15(14(16)20)22-12-3-2-9(18)6-11(12)19;1-4-5-6-7-8(2)3;2*1-2/h2-3,6-8,22,25H,4-5H2,1H3,(H,23,26);8H,4-7H2,1-3H3;2*1-2H3. The zero-order valence-corrected chi connectivity index (χ0v) is 26.8. The first-order valence-electron chi connectivity index (χ1n) is 13.6. The Morgan fingerprint density at radius 1 is 1.21 bits per heavy atom. The van der Waals surface area contributed by atoms with E-state index in [0.717, 1.165) is 10.4 Å². The summed E-state index contributed by atoms with van der Waals surface area (Å²) in [6.07, 6.45) is 7.06. The molecule has 0 spiro atoms. The number of carbonyl (C=O) groups excluding carboxylic acids is 1. The maximum absolute atomic E-state index is 15.1. The van der Waals surface area contributed by atoms with Gasteiger partial charge in [-0.05, 0) is 30.2 Å². The molecule has 0 fully saturated rings. The number of carbonyl (C=O) groups is 1. The summed E-state index contributed by atoms with van der Waals surface area (Å²) >= 11 is 9.51. The van der Waals surface area contributed by atoms with Crippen molar-refractivity contribution in [2.75, 3.05) is 18.5 Å². The second kappa shape index (κ2) is 20.7. The molecule has 10 heteroatoms. The van der Waals surface area contributed by atoms with Crippen LogP contribution >= 0.6 is 27.5 Å². The van der Waals surface area contributed by atoms with Gasteiger partial charge in [0.1, 0.15) is 5.52 Å². The van der Waals surface area contributed by atoms with Crippen LogP contribution < -0.4 is 10.8 Å². The van der Waals surface area contributed by atoms with Gasteiger partial charge in [0, 0.05) is 11.5 Å². The first-order valence-corrected chi connectivity index (χ1v) is 14.7. The molecule has 0 aliphatic heterocycles. The molecular formula is C29H45BrClFN4O3. The van der Waals surface area contributed by atoms with E-state index in [2.05, 4.69) is 52.5 Å². The number of nitrogens with zero attached hydrogens (tertiary/aromatic N) is 2. The van der Waals surface area contributed by atoms with Crippen molar-refractivity contribution < 1.29 is 19.1 Å². The second-order valence-corrected chi connectivity index (χ2v) is 9.80. The normalized spacial score (nSPS) is 10.1. The van der Waals surface area contributed by atoms with Crippen LogP contribution in [0.5, 0.6) is 0 Å². The maximum atomic E-state index is 15.1. The number of imidazole rings is 1. The largest absolute Gasteiger partial charge is 0.394 e. The summed E-state index contributed by atoms with van der Waals surface area (Å²) in [6, 6.07) is 6.53. The van der Waals surface area contributed by atoms with Crippen LogP contribution in [0.4, 0.5) is 15.8 Å². The lowest BCUT2D eigenvalue weighted by molar-refractivity contribution is 0.0169. The predicted molar refractivity (Wildman–Crippen MR) is 165 cm³/mol. The number of aromatic nitrogens is 2. The van der Waals surface area contributed by atoms with Crippen molar-refractivity contribution in [1.29, 1.82) is 0 Å². The van der Waals surface area contributed by atoms with Gasteiger partial charge in [-0.15, -0.1) is 0 Å². The summed E-state index contributed by atoms with van der Waals surface area (Å²) in [7, 11) is 1.69. The maximum Gasteiger partial charge on any atom is 0.277 e. The van der Waals surface area contributed by atoms with Crippen LogP contribution in [0, 0.1) is 11.7 Å². The van der Waals surface area contributed by atoms with E-state index >= 15 is 4.39 Å². The fraction of sp³-hybridized carbons (Fsp3) is 0.517. The number of benzene rings is 2. The van der Waals surface area contributed by atoms with Gasteiger partial charge in [-0.25, -0.2) is 14.9 Å². The minimum absolute atomic E-state index is 0.000486. The predicted octanol–water partition coefficient (Wildman–Crippen LogP) is 8.80. The monoisotopic (exact) mass is 630 g/mol. The number of hydrogen-bond donors (Lipinski definition) is 3. The van der Waals surface area contributed by atoms with E-state index in [1.807, 2.05) is 27.7 Å². The molecule has 0 aliphatic carbocycles. The highest BCUT2D eigenvalue weighted by molar-refractivity contribution is 9.10. The highest BCUT2D eigenvalue weighted by atomic mass is 79.9. The molecule has 0 aliphatic rings. The summed E-state index contributed by atoms with van der Waals surface area (Å²) in [5, 5.41) is 12.0. The molecule has 220 valence electrons. The van der Waals surface area contributed by atoms with Crippen molar-refractivity contribution >= 4 is 55.8 Å². The smallest absolute Gasteiger partial charge is 0.277 e. The Hall–Kier alpha value is -2.20. The van der Waals surface area contributed by atoms with E-state index in [1.54, 1.807) is 29.8 Å². The fourth-order valence-electron chi connectivity index (χ4n) is 3.27. The quantitative estimate of drug-likeness (QED) is 0.154. The number of fused-ring (bicyclic) bond motifs is 1. The Kier molecular flexibility index (Phi) is 19.5. The Morgan fingerprint density at radius 3 is 2.44 bits per heavy atom.